The second-order valence-electron chi connectivity index (χ2n) is 3.74. The van der Waals surface area contributed by atoms with Crippen LogP contribution >= 0.6 is 0 Å². The second kappa shape index (κ2) is 6.90. The van der Waals surface area contributed by atoms with E-state index in [1.54, 1.807) is 12.3 Å². The van der Waals surface area contributed by atoms with E-state index in [-0.39, 0.29) is 11.9 Å². The Bertz CT molecular complexity index is 315. The van der Waals surface area contributed by atoms with Gasteiger partial charge in [0.2, 0.25) is 5.91 Å². The molecule has 0 spiro atoms. The zero-order valence-electron chi connectivity index (χ0n) is 9.52. The fraction of sp³-hybridized carbons (Fsp3) is 0.545. The first-order valence-corrected chi connectivity index (χ1v) is 5.51. The molecular weight excluding hydrogens is 204 g/mol. The van der Waals surface area contributed by atoms with Crippen molar-refractivity contribution in [2.24, 2.45) is 5.73 Å². The molecule has 0 aliphatic carbocycles. The lowest BCUT2D eigenvalue weighted by Gasteiger charge is -2.09. The summed E-state index contributed by atoms with van der Waals surface area (Å²) in [6.45, 7) is 2.46. The topological polar surface area (TPSA) is 80.9 Å². The van der Waals surface area contributed by atoms with Crippen molar-refractivity contribution in [1.29, 1.82) is 0 Å². The summed E-state index contributed by atoms with van der Waals surface area (Å²) >= 11 is 0. The lowest BCUT2D eigenvalue weighted by Crippen LogP contribution is -2.31. The Kier molecular flexibility index (Phi) is 5.42. The molecule has 0 saturated carbocycles. The molecule has 0 fully saturated rings. The van der Waals surface area contributed by atoms with Gasteiger partial charge in [0.05, 0.1) is 12.2 Å². The van der Waals surface area contributed by atoms with E-state index in [1.807, 2.05) is 6.07 Å². The quantitative estimate of drug-likeness (QED) is 0.739. The minimum atomic E-state index is -0.0492. The minimum Gasteiger partial charge on any atom is -0.350 e. The molecule has 1 rings (SSSR count). The first-order valence-electron chi connectivity index (χ1n) is 5.51. The lowest BCUT2D eigenvalue weighted by atomic mass is 10.1. The van der Waals surface area contributed by atoms with Crippen LogP contribution in [-0.2, 0) is 11.3 Å². The number of aromatic nitrogens is 2. The number of hydrogen-bond donors (Lipinski definition) is 2. The van der Waals surface area contributed by atoms with Gasteiger partial charge in [-0.2, -0.15) is 10.2 Å². The number of nitrogens with one attached hydrogen (secondary N) is 1. The molecule has 0 aromatic carbocycles. The third-order valence-corrected chi connectivity index (χ3v) is 2.20. The molecule has 5 heteroatoms. The normalized spacial score (nSPS) is 12.1. The summed E-state index contributed by atoms with van der Waals surface area (Å²) in [4.78, 5) is 11.5. The number of carbonyl (C=O) groups excluding carboxylic acids is 1. The third-order valence-electron chi connectivity index (χ3n) is 2.20. The average molecular weight is 222 g/mol. The molecule has 3 N–H and O–H groups in total. The molecule has 0 bridgehead atoms. The summed E-state index contributed by atoms with van der Waals surface area (Å²) in [7, 11) is 0. The number of hydrogen-bond acceptors (Lipinski definition) is 4. The maximum atomic E-state index is 11.5. The first-order chi connectivity index (χ1) is 7.72. The van der Waals surface area contributed by atoms with E-state index in [1.165, 1.54) is 0 Å². The number of nitrogens with zero attached hydrogens (tertiary/aromatic N) is 2. The molecular formula is C11H18N4O. The van der Waals surface area contributed by atoms with E-state index >= 15 is 0 Å². The molecule has 16 heavy (non-hydrogen) atoms. The molecule has 0 aliphatic heterocycles. The largest absolute Gasteiger partial charge is 0.350 e. The molecule has 1 aromatic heterocycles. The summed E-state index contributed by atoms with van der Waals surface area (Å²) in [6, 6.07) is 3.56. The molecule has 1 aromatic rings. The molecule has 0 saturated heterocycles. The average Bonchev–Trinajstić information content (AvgIpc) is 2.28. The SMILES string of the molecule is CCCC(N)CC(=O)NCc1cccnn1. The molecule has 1 heterocycles. The van der Waals surface area contributed by atoms with Gasteiger partial charge in [0.15, 0.2) is 0 Å². The summed E-state index contributed by atoms with van der Waals surface area (Å²) in [6.07, 6.45) is 3.84. The van der Waals surface area contributed by atoms with Gasteiger partial charge in [0.25, 0.3) is 0 Å². The van der Waals surface area contributed by atoms with Crippen LogP contribution in [0.5, 0.6) is 0 Å². The Morgan fingerprint density at radius 2 is 2.44 bits per heavy atom. The van der Waals surface area contributed by atoms with Crippen molar-refractivity contribution >= 4 is 5.91 Å². The Balaban J connectivity index is 2.25. The Morgan fingerprint density at radius 3 is 3.06 bits per heavy atom. The van der Waals surface area contributed by atoms with E-state index in [0.29, 0.717) is 13.0 Å². The Labute approximate surface area is 95.4 Å². The van der Waals surface area contributed by atoms with Crippen molar-refractivity contribution in [2.45, 2.75) is 38.8 Å². The molecule has 0 aliphatic rings. The maximum Gasteiger partial charge on any atom is 0.221 e. The summed E-state index contributed by atoms with van der Waals surface area (Å²) < 4.78 is 0. The van der Waals surface area contributed by atoms with Gasteiger partial charge in [0, 0.05) is 18.7 Å². The minimum absolute atomic E-state index is 0.0356. The van der Waals surface area contributed by atoms with Crippen LogP contribution in [0, 0.1) is 0 Å². The van der Waals surface area contributed by atoms with Crippen molar-refractivity contribution in [3.05, 3.63) is 24.0 Å². The summed E-state index contributed by atoms with van der Waals surface area (Å²) in [5.41, 5.74) is 6.52. The van der Waals surface area contributed by atoms with Gasteiger partial charge < -0.3 is 11.1 Å². The van der Waals surface area contributed by atoms with Gasteiger partial charge in [-0.25, -0.2) is 0 Å². The fourth-order valence-corrected chi connectivity index (χ4v) is 1.40. The predicted octanol–water partition coefficient (Wildman–Crippen LogP) is 0.610. The van der Waals surface area contributed by atoms with Crippen LogP contribution in [0.25, 0.3) is 0 Å². The van der Waals surface area contributed by atoms with E-state index in [9.17, 15) is 4.79 Å². The Morgan fingerprint density at radius 1 is 1.62 bits per heavy atom. The molecule has 0 radical (unpaired) electrons. The number of nitrogens with two attached hydrogens (primary N) is 1. The van der Waals surface area contributed by atoms with Gasteiger partial charge in [-0.1, -0.05) is 13.3 Å². The second-order valence-corrected chi connectivity index (χ2v) is 3.74. The highest BCUT2D eigenvalue weighted by atomic mass is 16.1. The van der Waals surface area contributed by atoms with E-state index in [4.69, 9.17) is 5.73 Å². The highest BCUT2D eigenvalue weighted by Crippen LogP contribution is 1.98. The van der Waals surface area contributed by atoms with Crippen LogP contribution in [0.2, 0.25) is 0 Å². The molecule has 1 atom stereocenters. The van der Waals surface area contributed by atoms with Crippen molar-refractivity contribution in [3.8, 4) is 0 Å². The van der Waals surface area contributed by atoms with E-state index < -0.39 is 0 Å². The highest BCUT2D eigenvalue weighted by Gasteiger charge is 2.08. The van der Waals surface area contributed by atoms with Gasteiger partial charge >= 0.3 is 0 Å². The zero-order chi connectivity index (χ0) is 11.8. The van der Waals surface area contributed by atoms with Crippen LogP contribution in [-0.4, -0.2) is 22.1 Å². The van der Waals surface area contributed by atoms with Gasteiger partial charge in [-0.3, -0.25) is 4.79 Å². The zero-order valence-corrected chi connectivity index (χ0v) is 9.52. The Hall–Kier alpha value is -1.49. The van der Waals surface area contributed by atoms with Gasteiger partial charge in [-0.05, 0) is 18.6 Å². The lowest BCUT2D eigenvalue weighted by molar-refractivity contribution is -0.121. The van der Waals surface area contributed by atoms with Crippen molar-refractivity contribution < 1.29 is 4.79 Å². The van der Waals surface area contributed by atoms with Crippen LogP contribution in [0.4, 0.5) is 0 Å². The summed E-state index contributed by atoms with van der Waals surface area (Å²) in [5, 5.41) is 10.4. The molecule has 5 nitrogen and oxygen atoms in total. The van der Waals surface area contributed by atoms with E-state index in [0.717, 1.165) is 18.5 Å². The monoisotopic (exact) mass is 222 g/mol. The van der Waals surface area contributed by atoms with Crippen molar-refractivity contribution in [1.82, 2.24) is 15.5 Å². The predicted molar refractivity (Wildman–Crippen MR) is 61.4 cm³/mol. The first kappa shape index (κ1) is 12.6. The number of amides is 1. The van der Waals surface area contributed by atoms with E-state index in [2.05, 4.69) is 22.4 Å². The number of rotatable bonds is 6. The van der Waals surface area contributed by atoms with Gasteiger partial charge in [-0.15, -0.1) is 0 Å². The third kappa shape index (κ3) is 4.84. The standard InChI is InChI=1S/C11H18N4O/c1-2-4-9(12)7-11(16)13-8-10-5-3-6-14-15-10/h3,5-6,9H,2,4,7-8,12H2,1H3,(H,13,16). The van der Waals surface area contributed by atoms with Gasteiger partial charge in [0.1, 0.15) is 0 Å². The van der Waals surface area contributed by atoms with Crippen LogP contribution < -0.4 is 11.1 Å². The molecule has 88 valence electrons. The molecule has 1 unspecified atom stereocenters. The highest BCUT2D eigenvalue weighted by molar-refractivity contribution is 5.76. The maximum absolute atomic E-state index is 11.5. The summed E-state index contributed by atoms with van der Waals surface area (Å²) in [5.74, 6) is -0.0356. The number of carbonyl (C=O) groups is 1. The fourth-order valence-electron chi connectivity index (χ4n) is 1.40. The smallest absolute Gasteiger partial charge is 0.221 e. The van der Waals surface area contributed by atoms with Crippen molar-refractivity contribution in [3.63, 3.8) is 0 Å². The molecule has 1 amide bonds. The van der Waals surface area contributed by atoms with Crippen LogP contribution in [0.3, 0.4) is 0 Å². The van der Waals surface area contributed by atoms with Crippen molar-refractivity contribution in [2.75, 3.05) is 0 Å². The van der Waals surface area contributed by atoms with Crippen LogP contribution in [0.15, 0.2) is 18.3 Å². The van der Waals surface area contributed by atoms with Crippen LogP contribution in [0.1, 0.15) is 31.9 Å².